The number of furan rings is 2. The molecule has 0 bridgehead atoms. The first-order valence-corrected chi connectivity index (χ1v) is 16.2. The lowest BCUT2D eigenvalue weighted by Gasteiger charge is -2.28. The smallest absolute Gasteiger partial charge is 0.181 e. The third kappa shape index (κ3) is 4.03. The summed E-state index contributed by atoms with van der Waals surface area (Å²) in [7, 11) is 0. The lowest BCUT2D eigenvalue weighted by atomic mass is 10.0. The molecule has 0 spiro atoms. The van der Waals surface area contributed by atoms with Crippen LogP contribution in [-0.2, 0) is 0 Å². The summed E-state index contributed by atoms with van der Waals surface area (Å²) in [5.74, 6) is 0. The van der Waals surface area contributed by atoms with Crippen molar-refractivity contribution in [2.24, 2.45) is 0 Å². The highest BCUT2D eigenvalue weighted by Gasteiger charge is 2.22. The second-order valence-corrected chi connectivity index (χ2v) is 12.1. The number of rotatable bonds is 5. The van der Waals surface area contributed by atoms with E-state index in [1.165, 1.54) is 16.3 Å². The second kappa shape index (κ2) is 10.5. The van der Waals surface area contributed by atoms with Gasteiger partial charge in [-0.3, -0.25) is 0 Å². The van der Waals surface area contributed by atoms with E-state index in [-0.39, 0.29) is 0 Å². The highest BCUT2D eigenvalue weighted by atomic mass is 16.4. The molecule has 0 saturated carbocycles. The lowest BCUT2D eigenvalue weighted by molar-refractivity contribution is 0.653. The van der Waals surface area contributed by atoms with Crippen LogP contribution < -0.4 is 4.90 Å². The summed E-state index contributed by atoms with van der Waals surface area (Å²) in [6.07, 6.45) is 0. The summed E-state index contributed by atoms with van der Waals surface area (Å²) in [5, 5.41) is 4.35. The van der Waals surface area contributed by atoms with Crippen LogP contribution in [0.2, 0.25) is 0 Å². The Morgan fingerprint density at radius 3 is 1.88 bits per heavy atom. The fourth-order valence-corrected chi connectivity index (χ4v) is 7.25. The van der Waals surface area contributed by atoms with Gasteiger partial charge in [-0.2, -0.15) is 0 Å². The predicted molar refractivity (Wildman–Crippen MR) is 198 cm³/mol. The number of para-hydroxylation sites is 4. The minimum absolute atomic E-state index is 0.782. The molecular formula is C44H28N2O2. The van der Waals surface area contributed by atoms with Crippen LogP contribution in [0.4, 0.5) is 17.1 Å². The van der Waals surface area contributed by atoms with Crippen LogP contribution >= 0.6 is 0 Å². The Morgan fingerprint density at radius 2 is 1.02 bits per heavy atom. The minimum atomic E-state index is 0.782. The number of fused-ring (bicyclic) bond motifs is 8. The molecule has 10 aromatic rings. The van der Waals surface area contributed by atoms with Crippen LogP contribution in [0.15, 0.2) is 179 Å². The number of aromatic nitrogens is 1. The van der Waals surface area contributed by atoms with Crippen LogP contribution in [0.3, 0.4) is 0 Å². The molecule has 7 aromatic carbocycles. The van der Waals surface area contributed by atoms with E-state index in [2.05, 4.69) is 155 Å². The predicted octanol–water partition coefficient (Wildman–Crippen LogP) is 12.6. The third-order valence-electron chi connectivity index (χ3n) is 9.39. The van der Waals surface area contributed by atoms with Gasteiger partial charge in [0.25, 0.3) is 0 Å². The second-order valence-electron chi connectivity index (χ2n) is 12.1. The van der Waals surface area contributed by atoms with E-state index in [9.17, 15) is 0 Å². The van der Waals surface area contributed by atoms with Gasteiger partial charge in [-0.15, -0.1) is 0 Å². The van der Waals surface area contributed by atoms with E-state index in [0.29, 0.717) is 0 Å². The quantitative estimate of drug-likeness (QED) is 0.193. The molecule has 0 fully saturated rings. The topological polar surface area (TPSA) is 34.5 Å². The van der Waals surface area contributed by atoms with Crippen molar-refractivity contribution in [2.45, 2.75) is 0 Å². The van der Waals surface area contributed by atoms with Crippen LogP contribution in [0.1, 0.15) is 0 Å². The summed E-state index contributed by atoms with van der Waals surface area (Å²) >= 11 is 0. The molecule has 0 unspecified atom stereocenters. The number of anilines is 3. The average molecular weight is 617 g/mol. The van der Waals surface area contributed by atoms with Gasteiger partial charge in [0.2, 0.25) is 0 Å². The molecule has 0 radical (unpaired) electrons. The third-order valence-corrected chi connectivity index (χ3v) is 9.39. The summed E-state index contributed by atoms with van der Waals surface area (Å²) in [5.41, 5.74) is 12.1. The number of nitrogens with zero attached hydrogens (tertiary/aromatic N) is 2. The molecular weight excluding hydrogens is 588 g/mol. The van der Waals surface area contributed by atoms with Crippen LogP contribution in [0, 0.1) is 0 Å². The van der Waals surface area contributed by atoms with Crippen LogP contribution in [0.5, 0.6) is 0 Å². The fourth-order valence-electron chi connectivity index (χ4n) is 7.25. The van der Waals surface area contributed by atoms with Gasteiger partial charge in [0.05, 0.1) is 27.5 Å². The first kappa shape index (κ1) is 26.7. The first-order chi connectivity index (χ1) is 23.8. The fraction of sp³-hybridized carbons (Fsp3) is 0. The molecule has 0 aliphatic heterocycles. The van der Waals surface area contributed by atoms with E-state index in [4.69, 9.17) is 8.83 Å². The SMILES string of the molecule is c1ccc(-c2ccccc2N(c2ccc3c(c2)oc2c4ccccc4oc32)c2ccc3c(c2)c2ccccc2n3-c2ccccc2)cc1. The first-order valence-electron chi connectivity index (χ1n) is 16.2. The van der Waals surface area contributed by atoms with Crippen LogP contribution in [0.25, 0.3) is 71.7 Å². The molecule has 0 saturated heterocycles. The van der Waals surface area contributed by atoms with Crippen molar-refractivity contribution < 1.29 is 8.83 Å². The van der Waals surface area contributed by atoms with Crippen molar-refractivity contribution in [1.29, 1.82) is 0 Å². The standard InChI is InChI=1S/C44H28N2O2/c1-3-13-29(14-4-1)33-17-7-10-20-38(33)45(32-23-25-36-42(28-32)48-43-35-19-9-12-22-41(35)47-44(36)43)31-24-26-40-37(27-31)34-18-8-11-21-39(34)46(40)30-15-5-2-6-16-30/h1-28H. The van der Waals surface area contributed by atoms with Crippen molar-refractivity contribution in [3.63, 3.8) is 0 Å². The van der Waals surface area contributed by atoms with Crippen molar-refractivity contribution in [3.05, 3.63) is 170 Å². The van der Waals surface area contributed by atoms with Gasteiger partial charge in [-0.1, -0.05) is 97.1 Å². The zero-order valence-corrected chi connectivity index (χ0v) is 25.9. The molecule has 4 nitrogen and oxygen atoms in total. The summed E-state index contributed by atoms with van der Waals surface area (Å²) in [6, 6.07) is 59.7. The van der Waals surface area contributed by atoms with Crippen molar-refractivity contribution in [1.82, 2.24) is 4.57 Å². The Morgan fingerprint density at radius 1 is 0.417 bits per heavy atom. The Labute approximate surface area is 276 Å². The van der Waals surface area contributed by atoms with E-state index in [1.54, 1.807) is 0 Å². The number of hydrogen-bond acceptors (Lipinski definition) is 3. The maximum atomic E-state index is 6.54. The zero-order valence-electron chi connectivity index (χ0n) is 25.9. The van der Waals surface area contributed by atoms with Gasteiger partial charge in [-0.05, 0) is 72.3 Å². The maximum Gasteiger partial charge on any atom is 0.181 e. The Balaban J connectivity index is 1.23. The molecule has 3 heterocycles. The van der Waals surface area contributed by atoms with Crippen molar-refractivity contribution in [3.8, 4) is 16.8 Å². The number of hydrogen-bond donors (Lipinski definition) is 0. The van der Waals surface area contributed by atoms with Crippen LogP contribution in [-0.4, -0.2) is 4.57 Å². The highest BCUT2D eigenvalue weighted by molar-refractivity contribution is 6.14. The molecule has 10 rings (SSSR count). The summed E-state index contributed by atoms with van der Waals surface area (Å²) in [6.45, 7) is 0. The molecule has 0 atom stereocenters. The van der Waals surface area contributed by atoms with Gasteiger partial charge in [-0.25, -0.2) is 0 Å². The summed E-state index contributed by atoms with van der Waals surface area (Å²) < 4.78 is 15.2. The molecule has 4 heteroatoms. The average Bonchev–Trinajstić information content (AvgIpc) is 3.80. The maximum absolute atomic E-state index is 6.54. The molecule has 0 N–H and O–H groups in total. The minimum Gasteiger partial charge on any atom is -0.452 e. The zero-order chi connectivity index (χ0) is 31.6. The Hall–Kier alpha value is -6.52. The van der Waals surface area contributed by atoms with Gasteiger partial charge < -0.3 is 18.3 Å². The van der Waals surface area contributed by atoms with Crippen molar-refractivity contribution >= 4 is 72.0 Å². The largest absolute Gasteiger partial charge is 0.452 e. The molecule has 226 valence electrons. The molecule has 0 aliphatic rings. The normalized spacial score (nSPS) is 11.8. The van der Waals surface area contributed by atoms with Gasteiger partial charge >= 0.3 is 0 Å². The highest BCUT2D eigenvalue weighted by Crippen LogP contribution is 2.45. The van der Waals surface area contributed by atoms with E-state index in [1.807, 2.05) is 24.3 Å². The molecule has 0 aliphatic carbocycles. The Bertz CT molecular complexity index is 2790. The monoisotopic (exact) mass is 616 g/mol. The Kier molecular flexibility index (Phi) is 5.84. The molecule has 3 aromatic heterocycles. The molecule has 48 heavy (non-hydrogen) atoms. The van der Waals surface area contributed by atoms with E-state index >= 15 is 0 Å². The van der Waals surface area contributed by atoms with Gasteiger partial charge in [0.15, 0.2) is 11.2 Å². The summed E-state index contributed by atoms with van der Waals surface area (Å²) in [4.78, 5) is 2.35. The van der Waals surface area contributed by atoms with E-state index < -0.39 is 0 Å². The van der Waals surface area contributed by atoms with Gasteiger partial charge in [0, 0.05) is 39.5 Å². The lowest BCUT2D eigenvalue weighted by Crippen LogP contribution is -2.11. The van der Waals surface area contributed by atoms with Crippen molar-refractivity contribution in [2.75, 3.05) is 4.90 Å². The van der Waals surface area contributed by atoms with E-state index in [0.717, 1.165) is 72.5 Å². The molecule has 0 amide bonds. The number of benzene rings is 7. The van der Waals surface area contributed by atoms with Gasteiger partial charge in [0.1, 0.15) is 11.2 Å².